The zero-order valence-corrected chi connectivity index (χ0v) is 15.6. The SMILES string of the molecule is CC1CCCCC1NC(=O)c1ccc2c(c1)NC(=O)c1ccccc1S2. The van der Waals surface area contributed by atoms with Crippen molar-refractivity contribution in [2.75, 3.05) is 5.32 Å². The van der Waals surface area contributed by atoms with Crippen LogP contribution in [0.15, 0.2) is 52.3 Å². The summed E-state index contributed by atoms with van der Waals surface area (Å²) in [6, 6.07) is 13.3. The number of carbonyl (C=O) groups is 2. The molecule has 0 saturated heterocycles. The molecule has 0 aromatic heterocycles. The molecule has 5 heteroatoms. The van der Waals surface area contributed by atoms with Gasteiger partial charge in [0.2, 0.25) is 0 Å². The van der Waals surface area contributed by atoms with Crippen LogP contribution in [0.4, 0.5) is 5.69 Å². The van der Waals surface area contributed by atoms with Gasteiger partial charge in [0.05, 0.1) is 11.3 Å². The Labute approximate surface area is 157 Å². The van der Waals surface area contributed by atoms with Gasteiger partial charge in [-0.05, 0) is 49.1 Å². The van der Waals surface area contributed by atoms with Crippen LogP contribution in [0.5, 0.6) is 0 Å². The third kappa shape index (κ3) is 3.36. The third-order valence-electron chi connectivity index (χ3n) is 5.27. The van der Waals surface area contributed by atoms with Crippen molar-refractivity contribution in [1.82, 2.24) is 5.32 Å². The molecular weight excluding hydrogens is 344 g/mol. The molecule has 1 saturated carbocycles. The predicted molar refractivity (Wildman–Crippen MR) is 104 cm³/mol. The van der Waals surface area contributed by atoms with Crippen LogP contribution in [0.3, 0.4) is 0 Å². The van der Waals surface area contributed by atoms with Gasteiger partial charge in [-0.3, -0.25) is 9.59 Å². The topological polar surface area (TPSA) is 58.2 Å². The van der Waals surface area contributed by atoms with E-state index >= 15 is 0 Å². The zero-order valence-electron chi connectivity index (χ0n) is 14.7. The van der Waals surface area contributed by atoms with Gasteiger partial charge in [0.25, 0.3) is 11.8 Å². The second-order valence-corrected chi connectivity index (χ2v) is 8.19. The van der Waals surface area contributed by atoms with E-state index in [1.54, 1.807) is 17.8 Å². The first kappa shape index (κ1) is 17.2. The largest absolute Gasteiger partial charge is 0.349 e. The molecule has 4 nitrogen and oxygen atoms in total. The maximum Gasteiger partial charge on any atom is 0.256 e. The van der Waals surface area contributed by atoms with Gasteiger partial charge in [0.1, 0.15) is 0 Å². The molecule has 2 N–H and O–H groups in total. The predicted octanol–water partition coefficient (Wildman–Crippen LogP) is 4.71. The van der Waals surface area contributed by atoms with Crippen molar-refractivity contribution in [2.24, 2.45) is 5.92 Å². The van der Waals surface area contributed by atoms with Gasteiger partial charge in [-0.25, -0.2) is 0 Å². The molecule has 26 heavy (non-hydrogen) atoms. The smallest absolute Gasteiger partial charge is 0.256 e. The van der Waals surface area contributed by atoms with E-state index in [2.05, 4.69) is 17.6 Å². The van der Waals surface area contributed by atoms with E-state index in [-0.39, 0.29) is 17.9 Å². The van der Waals surface area contributed by atoms with Crippen molar-refractivity contribution >= 4 is 29.3 Å². The number of nitrogens with one attached hydrogen (secondary N) is 2. The summed E-state index contributed by atoms with van der Waals surface area (Å²) in [6.45, 7) is 2.20. The van der Waals surface area contributed by atoms with Crippen LogP contribution < -0.4 is 10.6 Å². The molecule has 2 aromatic rings. The Bertz CT molecular complexity index is 865. The molecule has 2 unspecified atom stereocenters. The van der Waals surface area contributed by atoms with Crippen LogP contribution in [0.1, 0.15) is 53.3 Å². The van der Waals surface area contributed by atoms with Crippen molar-refractivity contribution in [1.29, 1.82) is 0 Å². The summed E-state index contributed by atoms with van der Waals surface area (Å²) in [5.74, 6) is 0.316. The van der Waals surface area contributed by atoms with Gasteiger partial charge in [-0.15, -0.1) is 0 Å². The Morgan fingerprint density at radius 2 is 1.92 bits per heavy atom. The number of anilines is 1. The number of hydrogen-bond acceptors (Lipinski definition) is 3. The molecule has 0 radical (unpaired) electrons. The van der Waals surface area contributed by atoms with E-state index in [1.807, 2.05) is 36.4 Å². The molecule has 0 spiro atoms. The van der Waals surface area contributed by atoms with E-state index in [0.29, 0.717) is 22.7 Å². The van der Waals surface area contributed by atoms with Crippen LogP contribution in [0.25, 0.3) is 0 Å². The number of amides is 2. The molecule has 1 fully saturated rings. The summed E-state index contributed by atoms with van der Waals surface area (Å²) < 4.78 is 0. The number of carbonyl (C=O) groups excluding carboxylic acids is 2. The molecule has 2 aromatic carbocycles. The lowest BCUT2D eigenvalue weighted by Gasteiger charge is -2.29. The number of rotatable bonds is 2. The van der Waals surface area contributed by atoms with Crippen LogP contribution in [0, 0.1) is 5.92 Å². The first-order valence-electron chi connectivity index (χ1n) is 9.15. The van der Waals surface area contributed by atoms with Crippen molar-refractivity contribution in [3.63, 3.8) is 0 Å². The summed E-state index contributed by atoms with van der Waals surface area (Å²) in [5.41, 5.74) is 1.95. The lowest BCUT2D eigenvalue weighted by atomic mass is 9.86. The third-order valence-corrected chi connectivity index (χ3v) is 6.42. The van der Waals surface area contributed by atoms with Crippen molar-refractivity contribution in [3.8, 4) is 0 Å². The van der Waals surface area contributed by atoms with Crippen molar-refractivity contribution in [3.05, 3.63) is 53.6 Å². The van der Waals surface area contributed by atoms with Crippen LogP contribution in [-0.2, 0) is 0 Å². The van der Waals surface area contributed by atoms with E-state index in [1.165, 1.54) is 19.3 Å². The lowest BCUT2D eigenvalue weighted by molar-refractivity contribution is 0.0909. The molecule has 2 aliphatic rings. The minimum atomic E-state index is -0.134. The fraction of sp³-hybridized carbons (Fsp3) is 0.333. The van der Waals surface area contributed by atoms with Crippen LogP contribution in [-0.4, -0.2) is 17.9 Å². The van der Waals surface area contributed by atoms with E-state index in [4.69, 9.17) is 0 Å². The summed E-state index contributed by atoms with van der Waals surface area (Å²) in [4.78, 5) is 27.1. The van der Waals surface area contributed by atoms with Gasteiger partial charge in [-0.1, -0.05) is 43.7 Å². The molecule has 2 atom stereocenters. The monoisotopic (exact) mass is 366 g/mol. The lowest BCUT2D eigenvalue weighted by Crippen LogP contribution is -2.41. The van der Waals surface area contributed by atoms with Crippen molar-refractivity contribution in [2.45, 2.75) is 48.4 Å². The average Bonchev–Trinajstić information content (AvgIpc) is 2.79. The normalized spacial score (nSPS) is 21.8. The van der Waals surface area contributed by atoms with Gasteiger partial charge < -0.3 is 10.6 Å². The van der Waals surface area contributed by atoms with E-state index in [9.17, 15) is 9.59 Å². The van der Waals surface area contributed by atoms with E-state index < -0.39 is 0 Å². The standard InChI is InChI=1S/C21H22N2O2S/c1-13-6-2-4-8-16(13)22-20(24)14-10-11-19-17(12-14)23-21(25)15-7-3-5-9-18(15)26-19/h3,5,7,9-13,16H,2,4,6,8H2,1H3,(H,22,24)(H,23,25). The minimum Gasteiger partial charge on any atom is -0.349 e. The Morgan fingerprint density at radius 3 is 2.77 bits per heavy atom. The Balaban J connectivity index is 1.57. The molecular formula is C21H22N2O2S. The Hall–Kier alpha value is -2.27. The molecule has 4 rings (SSSR count). The van der Waals surface area contributed by atoms with E-state index in [0.717, 1.165) is 16.2 Å². The molecule has 134 valence electrons. The van der Waals surface area contributed by atoms with Gasteiger partial charge in [0.15, 0.2) is 0 Å². The van der Waals surface area contributed by atoms with Crippen molar-refractivity contribution < 1.29 is 9.59 Å². The highest BCUT2D eigenvalue weighted by Gasteiger charge is 2.24. The number of hydrogen-bond donors (Lipinski definition) is 2. The quantitative estimate of drug-likeness (QED) is 0.809. The average molecular weight is 366 g/mol. The second kappa shape index (κ2) is 7.16. The highest BCUT2D eigenvalue weighted by Crippen LogP contribution is 2.39. The maximum absolute atomic E-state index is 12.7. The summed E-state index contributed by atoms with van der Waals surface area (Å²) >= 11 is 1.55. The maximum atomic E-state index is 12.7. The first-order chi connectivity index (χ1) is 12.6. The molecule has 1 aliphatic heterocycles. The highest BCUT2D eigenvalue weighted by atomic mass is 32.2. The Morgan fingerprint density at radius 1 is 1.12 bits per heavy atom. The highest BCUT2D eigenvalue weighted by molar-refractivity contribution is 7.99. The van der Waals surface area contributed by atoms with Gasteiger partial charge >= 0.3 is 0 Å². The summed E-state index contributed by atoms with van der Waals surface area (Å²) in [6.07, 6.45) is 4.63. The molecule has 1 heterocycles. The summed E-state index contributed by atoms with van der Waals surface area (Å²) in [5, 5.41) is 6.12. The van der Waals surface area contributed by atoms with Gasteiger partial charge in [-0.2, -0.15) is 0 Å². The summed E-state index contributed by atoms with van der Waals surface area (Å²) in [7, 11) is 0. The number of benzene rings is 2. The molecule has 0 bridgehead atoms. The first-order valence-corrected chi connectivity index (χ1v) is 9.96. The molecule has 2 amide bonds. The minimum absolute atomic E-state index is 0.0624. The fourth-order valence-electron chi connectivity index (χ4n) is 3.69. The number of fused-ring (bicyclic) bond motifs is 2. The van der Waals surface area contributed by atoms with Crippen LogP contribution in [0.2, 0.25) is 0 Å². The zero-order chi connectivity index (χ0) is 18.1. The fourth-order valence-corrected chi connectivity index (χ4v) is 4.70. The molecule has 1 aliphatic carbocycles. The van der Waals surface area contributed by atoms with Crippen LogP contribution >= 0.6 is 11.8 Å². The second-order valence-electron chi connectivity index (χ2n) is 7.10. The Kier molecular flexibility index (Phi) is 4.72. The van der Waals surface area contributed by atoms with Gasteiger partial charge in [0, 0.05) is 21.4 Å².